The summed E-state index contributed by atoms with van der Waals surface area (Å²) in [5, 5.41) is 1.70. The molecule has 1 atom stereocenters. The van der Waals surface area contributed by atoms with Crippen LogP contribution in [-0.4, -0.2) is 5.38 Å². The fraction of sp³-hybridized carbons (Fsp3) is 0.333. The fourth-order valence-corrected chi connectivity index (χ4v) is 2.17. The van der Waals surface area contributed by atoms with Gasteiger partial charge in [0.25, 0.3) is 0 Å². The molecule has 0 aromatic heterocycles. The highest BCUT2D eigenvalue weighted by atomic mass is 35.5. The van der Waals surface area contributed by atoms with Crippen LogP contribution >= 0.6 is 46.4 Å². The Balaban J connectivity index is 3.06. The smallest absolute Gasteiger partial charge is 0.0468 e. The second-order valence-electron chi connectivity index (χ2n) is 2.83. The van der Waals surface area contributed by atoms with Crippen molar-refractivity contribution in [2.75, 3.05) is 0 Å². The van der Waals surface area contributed by atoms with Crippen molar-refractivity contribution < 1.29 is 0 Å². The van der Waals surface area contributed by atoms with Gasteiger partial charge in [-0.1, -0.05) is 34.8 Å². The minimum absolute atomic E-state index is 0.0103. The number of hydrogen-bond donors (Lipinski definition) is 0. The lowest BCUT2D eigenvalue weighted by Crippen LogP contribution is -1.98. The first-order chi connectivity index (χ1) is 6.00. The first-order valence-corrected chi connectivity index (χ1v) is 5.35. The van der Waals surface area contributed by atoms with E-state index in [-0.39, 0.29) is 5.38 Å². The summed E-state index contributed by atoms with van der Waals surface area (Å²) in [5.74, 6) is 0. The molecule has 0 spiro atoms. The van der Waals surface area contributed by atoms with Gasteiger partial charge in [-0.3, -0.25) is 0 Å². The molecule has 1 unspecified atom stereocenters. The molecule has 72 valence electrons. The summed E-state index contributed by atoms with van der Waals surface area (Å²) in [6, 6.07) is 3.34. The Morgan fingerprint density at radius 3 is 2.00 bits per heavy atom. The average Bonchev–Trinajstić information content (AvgIpc) is 1.96. The Bertz CT molecular complexity index is 283. The lowest BCUT2D eigenvalue weighted by atomic mass is 10.1. The Kier molecular flexibility index (Phi) is 4.18. The van der Waals surface area contributed by atoms with E-state index in [1.54, 1.807) is 12.1 Å². The third-order valence-corrected chi connectivity index (χ3v) is 2.64. The van der Waals surface area contributed by atoms with Gasteiger partial charge in [0.15, 0.2) is 0 Å². The number of halogens is 4. The van der Waals surface area contributed by atoms with Crippen LogP contribution in [0.4, 0.5) is 0 Å². The van der Waals surface area contributed by atoms with Crippen LogP contribution in [0.15, 0.2) is 12.1 Å². The molecule has 0 saturated heterocycles. The number of benzene rings is 1. The summed E-state index contributed by atoms with van der Waals surface area (Å²) in [7, 11) is 0. The number of hydrogen-bond acceptors (Lipinski definition) is 0. The summed E-state index contributed by atoms with van der Waals surface area (Å²) in [5.41, 5.74) is 0.857. The van der Waals surface area contributed by atoms with Crippen molar-refractivity contribution in [3.8, 4) is 0 Å². The van der Waals surface area contributed by atoms with E-state index in [0.717, 1.165) is 5.56 Å². The molecule has 0 aliphatic heterocycles. The highest BCUT2D eigenvalue weighted by Crippen LogP contribution is 2.30. The van der Waals surface area contributed by atoms with Gasteiger partial charge in [0.2, 0.25) is 0 Å². The lowest BCUT2D eigenvalue weighted by Gasteiger charge is -2.08. The molecule has 4 heteroatoms. The molecule has 1 aromatic carbocycles. The number of alkyl halides is 1. The first kappa shape index (κ1) is 11.5. The maximum absolute atomic E-state index is 5.95. The van der Waals surface area contributed by atoms with Crippen LogP contribution in [0, 0.1) is 0 Å². The van der Waals surface area contributed by atoms with Crippen molar-refractivity contribution in [3.63, 3.8) is 0 Å². The Labute approximate surface area is 97.7 Å². The van der Waals surface area contributed by atoms with Gasteiger partial charge in [0.05, 0.1) is 0 Å². The molecule has 0 aliphatic rings. The van der Waals surface area contributed by atoms with Gasteiger partial charge in [-0.25, -0.2) is 0 Å². The van der Waals surface area contributed by atoms with Crippen molar-refractivity contribution in [1.29, 1.82) is 0 Å². The van der Waals surface area contributed by atoms with Crippen LogP contribution < -0.4 is 0 Å². The highest BCUT2D eigenvalue weighted by Gasteiger charge is 2.09. The zero-order valence-corrected chi connectivity index (χ0v) is 9.97. The summed E-state index contributed by atoms with van der Waals surface area (Å²) >= 11 is 23.5. The second kappa shape index (κ2) is 4.75. The van der Waals surface area contributed by atoms with Gasteiger partial charge < -0.3 is 0 Å². The Morgan fingerprint density at radius 2 is 1.62 bits per heavy atom. The van der Waals surface area contributed by atoms with Gasteiger partial charge >= 0.3 is 0 Å². The Morgan fingerprint density at radius 1 is 1.15 bits per heavy atom. The zero-order chi connectivity index (χ0) is 10.0. The van der Waals surface area contributed by atoms with Gasteiger partial charge in [-0.05, 0) is 31.0 Å². The minimum atomic E-state index is 0.0103. The van der Waals surface area contributed by atoms with E-state index in [0.29, 0.717) is 21.5 Å². The topological polar surface area (TPSA) is 0 Å². The molecule has 1 aromatic rings. The molecule has 0 nitrogen and oxygen atoms in total. The standard InChI is InChI=1S/C9H8Cl4/c1-5(10)2-7-8(12)3-6(11)4-9(7)13/h3-5H,2H2,1H3. The first-order valence-electron chi connectivity index (χ1n) is 3.78. The average molecular weight is 258 g/mol. The maximum Gasteiger partial charge on any atom is 0.0468 e. The quantitative estimate of drug-likeness (QED) is 0.667. The fourth-order valence-electron chi connectivity index (χ4n) is 1.05. The van der Waals surface area contributed by atoms with E-state index in [2.05, 4.69) is 0 Å². The summed E-state index contributed by atoms with van der Waals surface area (Å²) < 4.78 is 0. The zero-order valence-electron chi connectivity index (χ0n) is 6.95. The van der Waals surface area contributed by atoms with Gasteiger partial charge in [-0.15, -0.1) is 11.6 Å². The van der Waals surface area contributed by atoms with Crippen molar-refractivity contribution >= 4 is 46.4 Å². The monoisotopic (exact) mass is 256 g/mol. The van der Waals surface area contributed by atoms with Crippen molar-refractivity contribution in [3.05, 3.63) is 32.8 Å². The van der Waals surface area contributed by atoms with E-state index in [9.17, 15) is 0 Å². The maximum atomic E-state index is 5.95. The molecule has 13 heavy (non-hydrogen) atoms. The molecule has 0 amide bonds. The van der Waals surface area contributed by atoms with Gasteiger partial charge in [-0.2, -0.15) is 0 Å². The molecule has 0 aliphatic carbocycles. The van der Waals surface area contributed by atoms with Crippen molar-refractivity contribution in [2.45, 2.75) is 18.7 Å². The lowest BCUT2D eigenvalue weighted by molar-refractivity contribution is 0.932. The van der Waals surface area contributed by atoms with E-state index in [1.807, 2.05) is 6.92 Å². The summed E-state index contributed by atoms with van der Waals surface area (Å²) in [6.45, 7) is 1.89. The molecule has 0 radical (unpaired) electrons. The minimum Gasteiger partial charge on any atom is -0.123 e. The SMILES string of the molecule is CC(Cl)Cc1c(Cl)cc(Cl)cc1Cl. The van der Waals surface area contributed by atoms with Crippen LogP contribution in [0.1, 0.15) is 12.5 Å². The third kappa shape index (κ3) is 3.21. The van der Waals surface area contributed by atoms with E-state index < -0.39 is 0 Å². The van der Waals surface area contributed by atoms with Crippen LogP contribution in [-0.2, 0) is 6.42 Å². The summed E-state index contributed by atoms with van der Waals surface area (Å²) in [6.07, 6.45) is 0.649. The van der Waals surface area contributed by atoms with Crippen molar-refractivity contribution in [1.82, 2.24) is 0 Å². The van der Waals surface area contributed by atoms with Crippen molar-refractivity contribution in [2.24, 2.45) is 0 Å². The normalized spacial score (nSPS) is 13.0. The molecule has 0 fully saturated rings. The Hall–Kier alpha value is 0.380. The predicted octanol–water partition coefficient (Wildman–Crippen LogP) is 4.82. The largest absolute Gasteiger partial charge is 0.123 e. The third-order valence-electron chi connectivity index (χ3n) is 1.59. The van der Waals surface area contributed by atoms with Crippen LogP contribution in [0.3, 0.4) is 0 Å². The molecule has 0 bridgehead atoms. The van der Waals surface area contributed by atoms with Crippen LogP contribution in [0.25, 0.3) is 0 Å². The molecule has 0 N–H and O–H groups in total. The molecular weight excluding hydrogens is 250 g/mol. The predicted molar refractivity (Wildman–Crippen MR) is 60.5 cm³/mol. The van der Waals surface area contributed by atoms with E-state index in [4.69, 9.17) is 46.4 Å². The van der Waals surface area contributed by atoms with E-state index in [1.165, 1.54) is 0 Å². The molecular formula is C9H8Cl4. The molecule has 0 saturated carbocycles. The second-order valence-corrected chi connectivity index (χ2v) is 4.83. The molecule has 1 rings (SSSR count). The van der Waals surface area contributed by atoms with Gasteiger partial charge in [0, 0.05) is 20.4 Å². The number of rotatable bonds is 2. The van der Waals surface area contributed by atoms with Crippen LogP contribution in [0.2, 0.25) is 15.1 Å². The van der Waals surface area contributed by atoms with Gasteiger partial charge in [0.1, 0.15) is 0 Å². The summed E-state index contributed by atoms with van der Waals surface area (Å²) in [4.78, 5) is 0. The van der Waals surface area contributed by atoms with Crippen LogP contribution in [0.5, 0.6) is 0 Å². The molecule has 0 heterocycles. The van der Waals surface area contributed by atoms with E-state index >= 15 is 0 Å². The highest BCUT2D eigenvalue weighted by molar-refractivity contribution is 6.39.